The summed E-state index contributed by atoms with van der Waals surface area (Å²) in [5.41, 5.74) is 2.34. The summed E-state index contributed by atoms with van der Waals surface area (Å²) in [7, 11) is 1.23. The minimum absolute atomic E-state index is 0.0741. The summed E-state index contributed by atoms with van der Waals surface area (Å²) >= 11 is 0. The lowest BCUT2D eigenvalue weighted by Crippen LogP contribution is -2.58. The molecule has 41 heavy (non-hydrogen) atoms. The van der Waals surface area contributed by atoms with Gasteiger partial charge in [-0.2, -0.15) is 0 Å². The van der Waals surface area contributed by atoms with Crippen LogP contribution in [-0.4, -0.2) is 65.2 Å². The molecule has 0 heterocycles. The van der Waals surface area contributed by atoms with E-state index in [9.17, 15) is 24.3 Å². The van der Waals surface area contributed by atoms with Gasteiger partial charge in [0.2, 0.25) is 11.8 Å². The van der Waals surface area contributed by atoms with Crippen LogP contribution in [-0.2, 0) is 30.3 Å². The molecular formula is C31H41N3O7. The van der Waals surface area contributed by atoms with Gasteiger partial charge in [-0.25, -0.2) is 4.79 Å². The molecule has 10 heteroatoms. The fraction of sp³-hybridized carbons (Fsp3) is 0.484. The van der Waals surface area contributed by atoms with E-state index < -0.39 is 41.6 Å². The Hall–Kier alpha value is -4.08. The van der Waals surface area contributed by atoms with E-state index in [0.29, 0.717) is 24.0 Å². The zero-order valence-electron chi connectivity index (χ0n) is 24.7. The number of hydrogen-bond donors (Lipinski definition) is 3. The van der Waals surface area contributed by atoms with Crippen LogP contribution in [0.25, 0.3) is 0 Å². The van der Waals surface area contributed by atoms with E-state index in [1.54, 1.807) is 37.8 Å². The fourth-order valence-electron chi connectivity index (χ4n) is 4.76. The zero-order valence-corrected chi connectivity index (χ0v) is 24.7. The highest BCUT2D eigenvalue weighted by Gasteiger charge is 2.42. The molecule has 222 valence electrons. The molecule has 1 aliphatic carbocycles. The second-order valence-corrected chi connectivity index (χ2v) is 11.5. The average Bonchev–Trinajstić information content (AvgIpc) is 2.86. The summed E-state index contributed by atoms with van der Waals surface area (Å²) in [6, 6.07) is 9.61. The molecule has 10 nitrogen and oxygen atoms in total. The Morgan fingerprint density at radius 3 is 2.24 bits per heavy atom. The van der Waals surface area contributed by atoms with Crippen molar-refractivity contribution in [3.05, 3.63) is 64.7 Å². The SMILES string of the molecule is COC(=O)CNC(=O)C(c1ccc(C)cc1C)N(C(=O)C(Cc1ccc(O)cc1)NC(=O)OC(C)(C)C)C1CCC1. The van der Waals surface area contributed by atoms with Gasteiger partial charge in [0.15, 0.2) is 0 Å². The Kier molecular flexibility index (Phi) is 10.4. The zero-order chi connectivity index (χ0) is 30.3. The molecule has 2 unspecified atom stereocenters. The molecule has 0 saturated heterocycles. The number of phenols is 1. The Morgan fingerprint density at radius 2 is 1.71 bits per heavy atom. The first-order valence-corrected chi connectivity index (χ1v) is 13.8. The van der Waals surface area contributed by atoms with Crippen LogP contribution in [0.2, 0.25) is 0 Å². The highest BCUT2D eigenvalue weighted by Crippen LogP contribution is 2.35. The van der Waals surface area contributed by atoms with Gasteiger partial charge in [-0.1, -0.05) is 35.9 Å². The van der Waals surface area contributed by atoms with Crippen molar-refractivity contribution >= 4 is 23.9 Å². The van der Waals surface area contributed by atoms with Crippen LogP contribution in [0.4, 0.5) is 4.79 Å². The summed E-state index contributed by atoms with van der Waals surface area (Å²) in [6.45, 7) is 8.65. The minimum Gasteiger partial charge on any atom is -0.508 e. The Labute approximate surface area is 241 Å². The number of alkyl carbamates (subject to hydrolysis) is 1. The first kappa shape index (κ1) is 31.4. The fourth-order valence-corrected chi connectivity index (χ4v) is 4.76. The number of ether oxygens (including phenoxy) is 2. The van der Waals surface area contributed by atoms with Crippen molar-refractivity contribution in [3.63, 3.8) is 0 Å². The third kappa shape index (κ3) is 8.70. The number of nitrogens with one attached hydrogen (secondary N) is 2. The maximum atomic E-state index is 14.5. The van der Waals surface area contributed by atoms with Crippen molar-refractivity contribution in [2.75, 3.05) is 13.7 Å². The molecule has 2 aromatic rings. The standard InChI is InChI=1S/C31H41N3O7/c1-19-10-15-24(20(2)16-19)27(28(37)32-18-26(36)40-6)34(22-8-7-9-22)29(38)25(33-30(39)41-31(3,4)5)17-21-11-13-23(35)14-12-21/h10-16,22,25,27,35H,7-9,17-18H2,1-6H3,(H,32,37)(H,33,39). The number of carbonyl (C=O) groups is 4. The number of aryl methyl sites for hydroxylation is 2. The highest BCUT2D eigenvalue weighted by atomic mass is 16.6. The van der Waals surface area contributed by atoms with E-state index in [2.05, 4.69) is 10.6 Å². The molecule has 1 saturated carbocycles. The molecule has 0 aliphatic heterocycles. The van der Waals surface area contributed by atoms with Crippen molar-refractivity contribution in [2.24, 2.45) is 0 Å². The van der Waals surface area contributed by atoms with Crippen LogP contribution in [0, 0.1) is 13.8 Å². The summed E-state index contributed by atoms with van der Waals surface area (Å²) in [6.07, 6.45) is 1.61. The lowest BCUT2D eigenvalue weighted by Gasteiger charge is -2.44. The summed E-state index contributed by atoms with van der Waals surface area (Å²) < 4.78 is 10.2. The van der Waals surface area contributed by atoms with Crippen molar-refractivity contribution in [2.45, 2.75) is 84.0 Å². The van der Waals surface area contributed by atoms with Gasteiger partial charge in [-0.05, 0) is 82.7 Å². The second-order valence-electron chi connectivity index (χ2n) is 11.5. The van der Waals surface area contributed by atoms with E-state index in [1.807, 2.05) is 32.0 Å². The molecule has 0 aromatic heterocycles. The van der Waals surface area contributed by atoms with Crippen molar-refractivity contribution in [3.8, 4) is 5.75 Å². The predicted molar refractivity (Wildman–Crippen MR) is 153 cm³/mol. The summed E-state index contributed by atoms with van der Waals surface area (Å²) in [5.74, 6) is -1.52. The monoisotopic (exact) mass is 567 g/mol. The largest absolute Gasteiger partial charge is 0.508 e. The van der Waals surface area contributed by atoms with Crippen LogP contribution in [0.3, 0.4) is 0 Å². The van der Waals surface area contributed by atoms with Gasteiger partial charge in [-0.15, -0.1) is 0 Å². The predicted octanol–water partition coefficient (Wildman–Crippen LogP) is 3.86. The molecule has 2 aromatic carbocycles. The van der Waals surface area contributed by atoms with Gasteiger partial charge < -0.3 is 30.1 Å². The molecule has 1 fully saturated rings. The van der Waals surface area contributed by atoms with Crippen LogP contribution in [0.1, 0.15) is 68.3 Å². The van der Waals surface area contributed by atoms with Crippen LogP contribution < -0.4 is 10.6 Å². The second kappa shape index (κ2) is 13.5. The molecule has 2 atom stereocenters. The van der Waals surface area contributed by atoms with Gasteiger partial charge in [0.25, 0.3) is 0 Å². The number of hydrogen-bond acceptors (Lipinski definition) is 7. The molecule has 3 N–H and O–H groups in total. The van der Waals surface area contributed by atoms with Crippen molar-refractivity contribution < 1.29 is 33.8 Å². The van der Waals surface area contributed by atoms with E-state index in [-0.39, 0.29) is 24.8 Å². The first-order valence-electron chi connectivity index (χ1n) is 13.8. The number of methoxy groups -OCH3 is 1. The van der Waals surface area contributed by atoms with Crippen LogP contribution in [0.15, 0.2) is 42.5 Å². The Bertz CT molecular complexity index is 1250. The summed E-state index contributed by atoms with van der Waals surface area (Å²) in [5, 5.41) is 15.1. The average molecular weight is 568 g/mol. The minimum atomic E-state index is -1.07. The maximum absolute atomic E-state index is 14.5. The molecular weight excluding hydrogens is 526 g/mol. The topological polar surface area (TPSA) is 134 Å². The molecule has 0 spiro atoms. The number of aromatic hydroxyl groups is 1. The number of phenolic OH excluding ortho intramolecular Hbond substituents is 1. The maximum Gasteiger partial charge on any atom is 0.408 e. The molecule has 3 rings (SSSR count). The Morgan fingerprint density at radius 1 is 1.05 bits per heavy atom. The quantitative estimate of drug-likeness (QED) is 0.371. The van der Waals surface area contributed by atoms with E-state index in [4.69, 9.17) is 9.47 Å². The van der Waals surface area contributed by atoms with Gasteiger partial charge in [-0.3, -0.25) is 14.4 Å². The third-order valence-corrected chi connectivity index (χ3v) is 6.97. The molecule has 3 amide bonds. The van der Waals surface area contributed by atoms with E-state index in [1.165, 1.54) is 19.2 Å². The van der Waals surface area contributed by atoms with E-state index >= 15 is 0 Å². The summed E-state index contributed by atoms with van der Waals surface area (Å²) in [4.78, 5) is 54.6. The van der Waals surface area contributed by atoms with Gasteiger partial charge in [0.05, 0.1) is 7.11 Å². The number of carbonyl (C=O) groups excluding carboxylic acids is 4. The molecule has 1 aliphatic rings. The highest BCUT2D eigenvalue weighted by molar-refractivity contribution is 5.94. The number of benzene rings is 2. The normalized spacial score (nSPS) is 14.7. The van der Waals surface area contributed by atoms with Crippen LogP contribution >= 0.6 is 0 Å². The number of esters is 1. The first-order chi connectivity index (χ1) is 19.3. The number of rotatable bonds is 10. The van der Waals surface area contributed by atoms with Gasteiger partial charge in [0, 0.05) is 12.5 Å². The van der Waals surface area contributed by atoms with Crippen molar-refractivity contribution in [1.82, 2.24) is 15.5 Å². The lowest BCUT2D eigenvalue weighted by atomic mass is 9.86. The third-order valence-electron chi connectivity index (χ3n) is 6.97. The van der Waals surface area contributed by atoms with Crippen LogP contribution in [0.5, 0.6) is 5.75 Å². The van der Waals surface area contributed by atoms with E-state index in [0.717, 1.165) is 17.5 Å². The van der Waals surface area contributed by atoms with Gasteiger partial charge in [0.1, 0.15) is 30.0 Å². The lowest BCUT2D eigenvalue weighted by molar-refractivity contribution is -0.148. The smallest absolute Gasteiger partial charge is 0.408 e. The molecule has 0 radical (unpaired) electrons. The van der Waals surface area contributed by atoms with Gasteiger partial charge >= 0.3 is 12.1 Å². The Balaban J connectivity index is 2.06. The molecule has 0 bridgehead atoms. The van der Waals surface area contributed by atoms with Crippen molar-refractivity contribution in [1.29, 1.82) is 0 Å². The number of amides is 3. The number of nitrogens with zero attached hydrogens (tertiary/aromatic N) is 1.